The van der Waals surface area contributed by atoms with Gasteiger partial charge in [0.05, 0.1) is 6.10 Å². The molecule has 0 fully saturated rings. The monoisotopic (exact) mass is 340 g/mol. The quantitative estimate of drug-likeness (QED) is 0.534. The van der Waals surface area contributed by atoms with E-state index in [1.54, 1.807) is 7.11 Å². The van der Waals surface area contributed by atoms with E-state index in [2.05, 4.69) is 43.2 Å². The van der Waals surface area contributed by atoms with Gasteiger partial charge in [0.25, 0.3) is 0 Å². The van der Waals surface area contributed by atoms with E-state index in [4.69, 9.17) is 4.74 Å². The van der Waals surface area contributed by atoms with Gasteiger partial charge in [-0.1, -0.05) is 52.5 Å². The summed E-state index contributed by atoms with van der Waals surface area (Å²) >= 11 is 0. The van der Waals surface area contributed by atoms with E-state index < -0.39 is 0 Å². The van der Waals surface area contributed by atoms with Gasteiger partial charge >= 0.3 is 0 Å². The van der Waals surface area contributed by atoms with E-state index >= 15 is 0 Å². The zero-order chi connectivity index (χ0) is 18.2. The van der Waals surface area contributed by atoms with Crippen LogP contribution in [0.3, 0.4) is 0 Å². The number of pyridine rings is 1. The number of anilines is 1. The number of alkyl halides is 1. The third-order valence-corrected chi connectivity index (χ3v) is 4.08. The minimum atomic E-state index is -0.351. The Morgan fingerprint density at radius 3 is 2.33 bits per heavy atom. The van der Waals surface area contributed by atoms with E-state index in [-0.39, 0.29) is 12.8 Å². The number of ether oxygens (including phenoxy) is 1. The van der Waals surface area contributed by atoms with E-state index in [9.17, 15) is 4.39 Å². The van der Waals surface area contributed by atoms with Crippen LogP contribution in [0, 0.1) is 0 Å². The minimum Gasteiger partial charge on any atom is -0.379 e. The molecule has 3 nitrogen and oxygen atoms in total. The van der Waals surface area contributed by atoms with Crippen LogP contribution in [0.1, 0.15) is 70.6 Å². The molecule has 1 atom stereocenters. The zero-order valence-electron chi connectivity index (χ0n) is 16.3. The molecule has 1 heterocycles. The minimum absolute atomic E-state index is 0.162. The summed E-state index contributed by atoms with van der Waals surface area (Å²) < 4.78 is 16.7. The Labute approximate surface area is 148 Å². The summed E-state index contributed by atoms with van der Waals surface area (Å²) in [6.45, 7) is 6.13. The number of unbranched alkanes of at least 4 members (excludes halogenated alkanes) is 3. The van der Waals surface area contributed by atoms with Crippen LogP contribution in [0.4, 0.5) is 10.2 Å². The third kappa shape index (κ3) is 9.86. The Kier molecular flexibility index (Phi) is 14.6. The summed E-state index contributed by atoms with van der Waals surface area (Å²) in [7, 11) is 3.50. The Bertz CT molecular complexity index is 409. The van der Waals surface area contributed by atoms with E-state index in [1.165, 1.54) is 30.5 Å². The van der Waals surface area contributed by atoms with E-state index in [0.29, 0.717) is 0 Å². The number of aromatic nitrogens is 1. The summed E-state index contributed by atoms with van der Waals surface area (Å²) in [5.41, 5.74) is 2.52. The topological polar surface area (TPSA) is 34.1 Å². The maximum absolute atomic E-state index is 11.9. The number of hydrogen-bond donors (Lipinski definition) is 1. The van der Waals surface area contributed by atoms with Crippen molar-refractivity contribution in [3.63, 3.8) is 0 Å². The number of nitrogens with zero attached hydrogens (tertiary/aromatic N) is 1. The molecule has 1 N–H and O–H groups in total. The summed E-state index contributed by atoms with van der Waals surface area (Å²) in [6.07, 6.45) is 8.82. The molecule has 0 aliphatic rings. The molecule has 140 valence electrons. The lowest BCUT2D eigenvalue weighted by Crippen LogP contribution is -2.12. The molecule has 0 saturated carbocycles. The van der Waals surface area contributed by atoms with Crippen molar-refractivity contribution in [2.45, 2.75) is 78.2 Å². The molecule has 0 spiro atoms. The molecule has 4 heteroatoms. The Morgan fingerprint density at radius 2 is 1.83 bits per heavy atom. The van der Waals surface area contributed by atoms with Gasteiger partial charge in [0.1, 0.15) is 12.5 Å². The fourth-order valence-corrected chi connectivity index (χ4v) is 2.42. The van der Waals surface area contributed by atoms with Crippen molar-refractivity contribution < 1.29 is 9.13 Å². The van der Waals surface area contributed by atoms with Gasteiger partial charge in [-0.2, -0.15) is 0 Å². The van der Waals surface area contributed by atoms with Crippen LogP contribution in [-0.4, -0.2) is 31.9 Å². The number of methoxy groups -OCH3 is 1. The second-order valence-corrected chi connectivity index (χ2v) is 6.03. The van der Waals surface area contributed by atoms with E-state index in [1.807, 2.05) is 7.05 Å². The molecule has 0 bridgehead atoms. The van der Waals surface area contributed by atoms with Gasteiger partial charge in [0.15, 0.2) is 0 Å². The normalized spacial score (nSPS) is 11.6. The van der Waals surface area contributed by atoms with Gasteiger partial charge < -0.3 is 10.1 Å². The van der Waals surface area contributed by atoms with Crippen molar-refractivity contribution in [2.24, 2.45) is 0 Å². The fourth-order valence-electron chi connectivity index (χ4n) is 2.42. The highest BCUT2D eigenvalue weighted by atomic mass is 19.1. The number of halogens is 1. The van der Waals surface area contributed by atoms with Gasteiger partial charge in [0.2, 0.25) is 0 Å². The van der Waals surface area contributed by atoms with Crippen LogP contribution in [0.5, 0.6) is 0 Å². The Balaban J connectivity index is 0.000000506. The predicted molar refractivity (Wildman–Crippen MR) is 103 cm³/mol. The maximum atomic E-state index is 11.9. The lowest BCUT2D eigenvalue weighted by molar-refractivity contribution is 0.0709. The lowest BCUT2D eigenvalue weighted by Gasteiger charge is -2.08. The molecule has 0 aliphatic heterocycles. The number of hydrogen-bond acceptors (Lipinski definition) is 3. The van der Waals surface area contributed by atoms with Crippen LogP contribution in [0.25, 0.3) is 0 Å². The second kappa shape index (κ2) is 15.4. The molecule has 0 radical (unpaired) electrons. The average Bonchev–Trinajstić information content (AvgIpc) is 2.63. The van der Waals surface area contributed by atoms with E-state index in [0.717, 1.165) is 37.9 Å². The van der Waals surface area contributed by atoms with Crippen LogP contribution < -0.4 is 5.32 Å². The van der Waals surface area contributed by atoms with Crippen molar-refractivity contribution in [2.75, 3.05) is 26.1 Å². The highest BCUT2D eigenvalue weighted by Gasteiger charge is 2.03. The highest BCUT2D eigenvalue weighted by Crippen LogP contribution is 2.15. The molecule has 1 aromatic heterocycles. The van der Waals surface area contributed by atoms with Gasteiger partial charge in [-0.3, -0.25) is 0 Å². The first-order valence-corrected chi connectivity index (χ1v) is 9.41. The van der Waals surface area contributed by atoms with Gasteiger partial charge in [-0.05, 0) is 37.3 Å². The largest absolute Gasteiger partial charge is 0.379 e. The first-order valence-electron chi connectivity index (χ1n) is 9.41. The number of aryl methyl sites for hydroxylation is 2. The summed E-state index contributed by atoms with van der Waals surface area (Å²) in [5.74, 6) is 1.05. The van der Waals surface area contributed by atoms with Gasteiger partial charge in [-0.25, -0.2) is 9.37 Å². The first kappa shape index (κ1) is 22.8. The van der Waals surface area contributed by atoms with Crippen LogP contribution in [0.2, 0.25) is 0 Å². The average molecular weight is 341 g/mol. The van der Waals surface area contributed by atoms with Crippen molar-refractivity contribution in [1.29, 1.82) is 0 Å². The van der Waals surface area contributed by atoms with Crippen LogP contribution in [0.15, 0.2) is 12.1 Å². The van der Waals surface area contributed by atoms with Crippen LogP contribution >= 0.6 is 0 Å². The molecule has 0 saturated heterocycles. The maximum Gasteiger partial charge on any atom is 0.129 e. The fraction of sp³-hybridized carbons (Fsp3) is 0.750. The molecule has 1 aromatic rings. The molecule has 1 rings (SSSR count). The zero-order valence-corrected chi connectivity index (χ0v) is 16.3. The van der Waals surface area contributed by atoms with Crippen molar-refractivity contribution in [1.82, 2.24) is 4.98 Å². The molecule has 24 heavy (non-hydrogen) atoms. The lowest BCUT2D eigenvalue weighted by atomic mass is 10.1. The molecular weight excluding hydrogens is 303 g/mol. The van der Waals surface area contributed by atoms with Gasteiger partial charge in [-0.15, -0.1) is 0 Å². The smallest absolute Gasteiger partial charge is 0.129 e. The predicted octanol–water partition coefficient (Wildman–Crippen LogP) is 5.58. The van der Waals surface area contributed by atoms with Gasteiger partial charge in [0, 0.05) is 19.9 Å². The third-order valence-electron chi connectivity index (χ3n) is 4.08. The molecule has 0 aromatic carbocycles. The second-order valence-electron chi connectivity index (χ2n) is 6.03. The standard InChI is InChI=1S/C13H22N2.C7H15FO/c1-4-6-7-8-12-10-9-11(5-2)13(14-3)15-12;1-3-4-5-7(6-8)9-2/h9-10H,4-8H2,1-3H3,(H,14,15);7H,3-6H2,1-2H3. The molecule has 0 amide bonds. The summed E-state index contributed by atoms with van der Waals surface area (Å²) in [4.78, 5) is 4.62. The number of nitrogens with one attached hydrogen (secondary N) is 1. The Morgan fingerprint density at radius 1 is 1.12 bits per heavy atom. The van der Waals surface area contributed by atoms with Crippen molar-refractivity contribution in [3.8, 4) is 0 Å². The number of rotatable bonds is 11. The Hall–Kier alpha value is -1.16. The SMILES string of the molecule is CCCCC(CF)OC.CCCCCc1ccc(CC)c(NC)n1. The first-order chi connectivity index (χ1) is 11.7. The van der Waals surface area contributed by atoms with Crippen molar-refractivity contribution >= 4 is 5.82 Å². The molecule has 0 aliphatic carbocycles. The van der Waals surface area contributed by atoms with Crippen molar-refractivity contribution in [3.05, 3.63) is 23.4 Å². The highest BCUT2D eigenvalue weighted by molar-refractivity contribution is 5.44. The summed E-state index contributed by atoms with van der Waals surface area (Å²) in [5, 5.41) is 3.17. The summed E-state index contributed by atoms with van der Waals surface area (Å²) in [6, 6.07) is 4.36. The molecule has 1 unspecified atom stereocenters. The van der Waals surface area contributed by atoms with Crippen LogP contribution in [-0.2, 0) is 17.6 Å². The molecular formula is C20H37FN2O.